The van der Waals surface area contributed by atoms with Crippen molar-refractivity contribution in [2.24, 2.45) is 5.73 Å². The molecule has 1 atom stereocenters. The van der Waals surface area contributed by atoms with Gasteiger partial charge in [-0.25, -0.2) is 4.98 Å². The van der Waals surface area contributed by atoms with Gasteiger partial charge in [0.1, 0.15) is 5.69 Å². The molecular formula is C15H21Cl2N3OS. The Bertz CT molecular complexity index is 561. The number of carbonyl (C=O) groups is 1. The van der Waals surface area contributed by atoms with Crippen molar-refractivity contribution in [2.45, 2.75) is 25.8 Å². The first-order valence-corrected chi connectivity index (χ1v) is 7.55. The number of carbonyl (C=O) groups excluding carboxylic acids is 1. The lowest BCUT2D eigenvalue weighted by molar-refractivity contribution is 0.0948. The third-order valence-electron chi connectivity index (χ3n) is 2.87. The Kier molecular flexibility index (Phi) is 10.0. The lowest BCUT2D eigenvalue weighted by Crippen LogP contribution is -2.29. The minimum atomic E-state index is -0.124. The molecule has 2 aromatic rings. The molecule has 1 aromatic heterocycles. The zero-order valence-electron chi connectivity index (χ0n) is 12.3. The van der Waals surface area contributed by atoms with Crippen molar-refractivity contribution in [1.29, 1.82) is 0 Å². The van der Waals surface area contributed by atoms with Gasteiger partial charge in [0, 0.05) is 24.4 Å². The van der Waals surface area contributed by atoms with Crippen molar-refractivity contribution >= 4 is 42.1 Å². The van der Waals surface area contributed by atoms with E-state index in [1.165, 1.54) is 16.9 Å². The Morgan fingerprint density at radius 1 is 1.32 bits per heavy atom. The molecule has 0 aliphatic rings. The van der Waals surface area contributed by atoms with Crippen molar-refractivity contribution in [1.82, 2.24) is 10.3 Å². The summed E-state index contributed by atoms with van der Waals surface area (Å²) in [6, 6.07) is 10.2. The van der Waals surface area contributed by atoms with Crippen molar-refractivity contribution in [3.63, 3.8) is 0 Å². The molecule has 4 nitrogen and oxygen atoms in total. The van der Waals surface area contributed by atoms with Gasteiger partial charge in [0.2, 0.25) is 0 Å². The number of nitrogens with one attached hydrogen (secondary N) is 1. The van der Waals surface area contributed by atoms with Crippen LogP contribution in [0, 0.1) is 0 Å². The van der Waals surface area contributed by atoms with Crippen LogP contribution in [0.5, 0.6) is 0 Å². The zero-order chi connectivity index (χ0) is 14.4. The minimum Gasteiger partial charge on any atom is -0.351 e. The summed E-state index contributed by atoms with van der Waals surface area (Å²) < 4.78 is 0. The molecule has 0 spiro atoms. The van der Waals surface area contributed by atoms with E-state index in [1.807, 2.05) is 25.1 Å². The predicted octanol–water partition coefficient (Wildman–Crippen LogP) is 3.04. The molecule has 122 valence electrons. The highest BCUT2D eigenvalue weighted by atomic mass is 35.5. The molecule has 0 radical (unpaired) electrons. The zero-order valence-corrected chi connectivity index (χ0v) is 14.8. The Morgan fingerprint density at radius 2 is 2.00 bits per heavy atom. The van der Waals surface area contributed by atoms with Gasteiger partial charge in [0.15, 0.2) is 0 Å². The topological polar surface area (TPSA) is 68.0 Å². The van der Waals surface area contributed by atoms with Gasteiger partial charge in [-0.1, -0.05) is 30.3 Å². The standard InChI is InChI=1S/C15H19N3OS.2ClH/c1-11(16)7-8-17-15(19)13-10-20-14(18-13)9-12-5-3-2-4-6-12;;/h2-6,10-11H,7-9,16H2,1H3,(H,17,19);2*1H. The van der Waals surface area contributed by atoms with Gasteiger partial charge in [0.25, 0.3) is 5.91 Å². The highest BCUT2D eigenvalue weighted by Crippen LogP contribution is 2.14. The van der Waals surface area contributed by atoms with E-state index >= 15 is 0 Å². The highest BCUT2D eigenvalue weighted by molar-refractivity contribution is 7.09. The largest absolute Gasteiger partial charge is 0.351 e. The quantitative estimate of drug-likeness (QED) is 0.830. The van der Waals surface area contributed by atoms with Gasteiger partial charge < -0.3 is 11.1 Å². The second-order valence-electron chi connectivity index (χ2n) is 4.81. The number of amides is 1. The number of benzene rings is 1. The van der Waals surface area contributed by atoms with Crippen LogP contribution in [0.15, 0.2) is 35.7 Å². The second-order valence-corrected chi connectivity index (χ2v) is 5.75. The molecule has 1 unspecified atom stereocenters. The van der Waals surface area contributed by atoms with Crippen LogP contribution >= 0.6 is 36.2 Å². The molecule has 1 heterocycles. The summed E-state index contributed by atoms with van der Waals surface area (Å²) in [5.74, 6) is -0.124. The van der Waals surface area contributed by atoms with Gasteiger partial charge in [-0.15, -0.1) is 36.2 Å². The number of hydrogen-bond acceptors (Lipinski definition) is 4. The molecule has 0 saturated heterocycles. The third-order valence-corrected chi connectivity index (χ3v) is 3.72. The van der Waals surface area contributed by atoms with Crippen LogP contribution in [-0.4, -0.2) is 23.5 Å². The Labute approximate surface area is 147 Å². The third kappa shape index (κ3) is 6.75. The predicted molar refractivity (Wildman–Crippen MR) is 96.5 cm³/mol. The molecule has 7 heteroatoms. The molecule has 1 aromatic carbocycles. The summed E-state index contributed by atoms with van der Waals surface area (Å²) in [5.41, 5.74) is 7.33. The Morgan fingerprint density at radius 3 is 2.64 bits per heavy atom. The summed E-state index contributed by atoms with van der Waals surface area (Å²) in [6.45, 7) is 2.51. The van der Waals surface area contributed by atoms with E-state index in [0.29, 0.717) is 12.2 Å². The summed E-state index contributed by atoms with van der Waals surface area (Å²) >= 11 is 1.52. The first kappa shape index (κ1) is 20.9. The summed E-state index contributed by atoms with van der Waals surface area (Å²) in [7, 11) is 0. The van der Waals surface area contributed by atoms with Crippen LogP contribution in [-0.2, 0) is 6.42 Å². The first-order valence-electron chi connectivity index (χ1n) is 6.67. The molecule has 22 heavy (non-hydrogen) atoms. The minimum absolute atomic E-state index is 0. The van der Waals surface area contributed by atoms with E-state index in [-0.39, 0.29) is 36.8 Å². The number of thiazole rings is 1. The number of rotatable bonds is 6. The van der Waals surface area contributed by atoms with Gasteiger partial charge in [-0.2, -0.15) is 0 Å². The second kappa shape index (κ2) is 10.6. The fourth-order valence-electron chi connectivity index (χ4n) is 1.77. The van der Waals surface area contributed by atoms with Gasteiger partial charge >= 0.3 is 0 Å². The van der Waals surface area contributed by atoms with E-state index in [1.54, 1.807) is 5.38 Å². The molecular weight excluding hydrogens is 341 g/mol. The van der Waals surface area contributed by atoms with Crippen molar-refractivity contribution in [3.8, 4) is 0 Å². The van der Waals surface area contributed by atoms with Crippen molar-refractivity contribution in [2.75, 3.05) is 6.54 Å². The molecule has 0 fully saturated rings. The van der Waals surface area contributed by atoms with E-state index in [0.717, 1.165) is 17.8 Å². The van der Waals surface area contributed by atoms with E-state index < -0.39 is 0 Å². The number of nitrogens with zero attached hydrogens (tertiary/aromatic N) is 1. The normalized spacial score (nSPS) is 11.0. The van der Waals surface area contributed by atoms with Crippen LogP contribution in [0.4, 0.5) is 0 Å². The van der Waals surface area contributed by atoms with E-state index in [9.17, 15) is 4.79 Å². The van der Waals surface area contributed by atoms with Crippen LogP contribution in [0.2, 0.25) is 0 Å². The maximum absolute atomic E-state index is 11.9. The van der Waals surface area contributed by atoms with Crippen LogP contribution in [0.1, 0.15) is 34.4 Å². The Balaban J connectivity index is 0.00000220. The fraction of sp³-hybridized carbons (Fsp3) is 0.333. The van der Waals surface area contributed by atoms with Gasteiger partial charge in [0.05, 0.1) is 5.01 Å². The summed E-state index contributed by atoms with van der Waals surface area (Å²) in [4.78, 5) is 16.3. The van der Waals surface area contributed by atoms with Gasteiger partial charge in [-0.05, 0) is 18.9 Å². The molecule has 0 aliphatic heterocycles. The molecule has 2 rings (SSSR count). The molecule has 0 bridgehead atoms. The monoisotopic (exact) mass is 361 g/mol. The van der Waals surface area contributed by atoms with E-state index in [4.69, 9.17) is 5.73 Å². The van der Waals surface area contributed by atoms with Crippen LogP contribution < -0.4 is 11.1 Å². The average molecular weight is 362 g/mol. The molecule has 3 N–H and O–H groups in total. The lowest BCUT2D eigenvalue weighted by atomic mass is 10.2. The number of hydrogen-bond donors (Lipinski definition) is 2. The maximum Gasteiger partial charge on any atom is 0.270 e. The van der Waals surface area contributed by atoms with E-state index in [2.05, 4.69) is 22.4 Å². The number of nitrogens with two attached hydrogens (primary N) is 1. The number of aromatic nitrogens is 1. The highest BCUT2D eigenvalue weighted by Gasteiger charge is 2.10. The summed E-state index contributed by atoms with van der Waals surface area (Å²) in [6.07, 6.45) is 1.53. The lowest BCUT2D eigenvalue weighted by Gasteiger charge is -2.05. The first-order chi connectivity index (χ1) is 9.65. The summed E-state index contributed by atoms with van der Waals surface area (Å²) in [5, 5.41) is 5.59. The SMILES string of the molecule is CC(N)CCNC(=O)c1csc(Cc2ccccc2)n1.Cl.Cl. The van der Waals surface area contributed by atoms with Crippen molar-refractivity contribution < 1.29 is 4.79 Å². The van der Waals surface area contributed by atoms with Crippen molar-refractivity contribution in [3.05, 3.63) is 52.0 Å². The molecule has 1 amide bonds. The smallest absolute Gasteiger partial charge is 0.270 e. The molecule has 0 saturated carbocycles. The van der Waals surface area contributed by atoms with Crippen LogP contribution in [0.25, 0.3) is 0 Å². The average Bonchev–Trinajstić information content (AvgIpc) is 2.88. The van der Waals surface area contributed by atoms with Gasteiger partial charge in [-0.3, -0.25) is 4.79 Å². The maximum atomic E-state index is 11.9. The Hall–Kier alpha value is -1.14. The van der Waals surface area contributed by atoms with Crippen LogP contribution in [0.3, 0.4) is 0 Å². The number of halogens is 2. The fourth-order valence-corrected chi connectivity index (χ4v) is 2.58. The molecule has 0 aliphatic carbocycles.